The van der Waals surface area contributed by atoms with Gasteiger partial charge in [0.2, 0.25) is 18.1 Å². The van der Waals surface area contributed by atoms with Crippen LogP contribution in [0.1, 0.15) is 97.5 Å². The van der Waals surface area contributed by atoms with Crippen molar-refractivity contribution in [3.8, 4) is 22.4 Å². The molecule has 2 saturated heterocycles. The minimum absolute atomic E-state index is 0.000340. The number of carbonyl (C=O) groups excluding carboxylic acids is 4. The first-order chi connectivity index (χ1) is 28.7. The fourth-order valence-electron chi connectivity index (χ4n) is 9.24. The van der Waals surface area contributed by atoms with Crippen LogP contribution in [0.3, 0.4) is 0 Å². The predicted octanol–water partition coefficient (Wildman–Crippen LogP) is 6.06. The summed E-state index contributed by atoms with van der Waals surface area (Å²) in [5.74, 6) is 0.292. The number of benzene rings is 2. The Kier molecular flexibility index (Phi) is 14.1. The largest absolute Gasteiger partial charge is 0.479 e. The lowest BCUT2D eigenvalue weighted by Gasteiger charge is -2.39. The van der Waals surface area contributed by atoms with Gasteiger partial charge in [0, 0.05) is 25.4 Å². The van der Waals surface area contributed by atoms with E-state index in [1.807, 2.05) is 44.3 Å². The highest BCUT2D eigenvalue weighted by atomic mass is 16.5. The molecule has 7 atom stereocenters. The van der Waals surface area contributed by atoms with E-state index in [0.717, 1.165) is 66.0 Å². The van der Waals surface area contributed by atoms with Crippen LogP contribution in [0, 0.1) is 23.7 Å². The minimum atomic E-state index is -1.18. The summed E-state index contributed by atoms with van der Waals surface area (Å²) in [5.41, 5.74) is 3.41. The number of aliphatic imine (C=N–C) groups is 2. The lowest BCUT2D eigenvalue weighted by molar-refractivity contribution is -0.144. The molecule has 2 amide bonds. The zero-order valence-corrected chi connectivity index (χ0v) is 36.2. The summed E-state index contributed by atoms with van der Waals surface area (Å²) in [4.78, 5) is 72.3. The number of hydrogen-bond donors (Lipinski definition) is 3. The standard InChI is InChI=1S/C46H61N7O7/c1-9-29(24-38(55)60-8)39(27(2)3)43(56)52-22-10-12-35(52)41-47-25-34(48-41)32-16-14-30(15-17-32)31-18-20-33(21-19-31)46(6)45(58)50-42(51-46)36-13-11-23-53(36)44(57)40(28(4)5)49-37(26-54)59-7/h14-21,25-29,35-36,39-40,43,56H,9-13,22-24H2,1-8H3,(H,47,48)(H,50,51,58). The number of amides is 2. The molecule has 1 aromatic heterocycles. The van der Waals surface area contributed by atoms with E-state index >= 15 is 0 Å². The molecule has 4 heterocycles. The van der Waals surface area contributed by atoms with Gasteiger partial charge in [0.05, 0.1) is 38.2 Å². The van der Waals surface area contributed by atoms with E-state index < -0.39 is 23.9 Å². The summed E-state index contributed by atoms with van der Waals surface area (Å²) in [7, 11) is 2.76. The summed E-state index contributed by atoms with van der Waals surface area (Å²) in [6.07, 6.45) is 5.89. The predicted molar refractivity (Wildman–Crippen MR) is 230 cm³/mol. The summed E-state index contributed by atoms with van der Waals surface area (Å²) in [6.45, 7) is 13.0. The fraction of sp³-hybridized carbons (Fsp3) is 0.543. The molecule has 7 unspecified atom stereocenters. The van der Waals surface area contributed by atoms with Gasteiger partial charge in [-0.05, 0) is 72.6 Å². The summed E-state index contributed by atoms with van der Waals surface area (Å²) in [6, 6.07) is 14.8. The number of imidazole rings is 1. The number of ether oxygens (including phenoxy) is 2. The molecule has 3 aromatic rings. The van der Waals surface area contributed by atoms with Gasteiger partial charge < -0.3 is 29.8 Å². The molecule has 3 aliphatic rings. The van der Waals surface area contributed by atoms with Crippen molar-refractivity contribution < 1.29 is 33.8 Å². The molecular formula is C46H61N7O7. The van der Waals surface area contributed by atoms with Gasteiger partial charge in [-0.1, -0.05) is 89.6 Å². The third kappa shape index (κ3) is 9.09. The number of amidine groups is 1. The van der Waals surface area contributed by atoms with Crippen LogP contribution in [0.15, 0.2) is 64.7 Å². The molecule has 2 aromatic carbocycles. The molecule has 6 rings (SSSR count). The number of aromatic amines is 1. The first-order valence-electron chi connectivity index (χ1n) is 21.3. The third-order valence-electron chi connectivity index (χ3n) is 12.7. The molecule has 0 bridgehead atoms. The second kappa shape index (κ2) is 19.0. The number of aliphatic hydroxyl groups excluding tert-OH is 1. The zero-order chi connectivity index (χ0) is 43.3. The van der Waals surface area contributed by atoms with Gasteiger partial charge in [-0.15, -0.1) is 0 Å². The summed E-state index contributed by atoms with van der Waals surface area (Å²) >= 11 is 0. The lowest BCUT2D eigenvalue weighted by atomic mass is 9.78. The number of aldehydes is 1. The van der Waals surface area contributed by atoms with Crippen LogP contribution in [0.2, 0.25) is 0 Å². The molecule has 3 aliphatic heterocycles. The second-order valence-corrected chi connectivity index (χ2v) is 17.1. The van der Waals surface area contributed by atoms with Crippen LogP contribution < -0.4 is 5.32 Å². The van der Waals surface area contributed by atoms with Crippen molar-refractivity contribution in [3.05, 3.63) is 66.1 Å². The van der Waals surface area contributed by atoms with Gasteiger partial charge in [-0.2, -0.15) is 0 Å². The van der Waals surface area contributed by atoms with Crippen LogP contribution >= 0.6 is 0 Å². The fourth-order valence-corrected chi connectivity index (χ4v) is 9.24. The molecular weight excluding hydrogens is 763 g/mol. The normalized spacial score (nSPS) is 23.1. The van der Waals surface area contributed by atoms with Crippen molar-refractivity contribution in [1.29, 1.82) is 0 Å². The zero-order valence-electron chi connectivity index (χ0n) is 36.2. The van der Waals surface area contributed by atoms with Crippen LogP contribution in [-0.2, 0) is 34.2 Å². The lowest BCUT2D eigenvalue weighted by Crippen LogP contribution is -2.49. The highest BCUT2D eigenvalue weighted by molar-refractivity contribution is 6.24. The smallest absolute Gasteiger partial charge is 0.305 e. The van der Waals surface area contributed by atoms with Gasteiger partial charge in [0.15, 0.2) is 5.54 Å². The number of rotatable bonds is 16. The SMILES string of the molecule is CCC(CC(=O)OC)C(C(C)C)C(O)N1CCCC1c1ncc(-c2ccc(-c3ccc(C4(C)N=C(C5CCCN5C(=O)C(N=C(C=O)OC)C(C)C)NC4=O)cc3)cc2)[nH]1. The maximum atomic E-state index is 13.8. The number of carbonyl (C=O) groups is 4. The highest BCUT2D eigenvalue weighted by Gasteiger charge is 2.46. The molecule has 14 nitrogen and oxygen atoms in total. The molecule has 60 heavy (non-hydrogen) atoms. The molecule has 322 valence electrons. The van der Waals surface area contributed by atoms with Crippen molar-refractivity contribution in [3.63, 3.8) is 0 Å². The van der Waals surface area contributed by atoms with E-state index in [2.05, 4.69) is 65.2 Å². The van der Waals surface area contributed by atoms with E-state index in [0.29, 0.717) is 25.1 Å². The maximum absolute atomic E-state index is 13.8. The van der Waals surface area contributed by atoms with E-state index in [4.69, 9.17) is 19.5 Å². The van der Waals surface area contributed by atoms with Crippen molar-refractivity contribution in [1.82, 2.24) is 25.1 Å². The Morgan fingerprint density at radius 3 is 2.18 bits per heavy atom. The van der Waals surface area contributed by atoms with E-state index in [1.54, 1.807) is 11.8 Å². The second-order valence-electron chi connectivity index (χ2n) is 17.1. The third-order valence-corrected chi connectivity index (χ3v) is 12.7. The molecule has 0 aliphatic carbocycles. The Morgan fingerprint density at radius 1 is 0.950 bits per heavy atom. The molecule has 14 heteroatoms. The Morgan fingerprint density at radius 2 is 1.58 bits per heavy atom. The number of aliphatic hydroxyl groups is 1. The van der Waals surface area contributed by atoms with E-state index in [1.165, 1.54) is 14.2 Å². The number of nitrogens with zero attached hydrogens (tertiary/aromatic N) is 5. The van der Waals surface area contributed by atoms with Crippen molar-refractivity contribution >= 4 is 35.8 Å². The number of H-pyrrole nitrogens is 1. The number of nitrogens with one attached hydrogen (secondary N) is 2. The van der Waals surface area contributed by atoms with Crippen molar-refractivity contribution in [2.24, 2.45) is 33.7 Å². The molecule has 2 fully saturated rings. The Labute approximate surface area is 353 Å². The molecule has 0 spiro atoms. The number of likely N-dealkylation sites (tertiary alicyclic amines) is 2. The number of esters is 1. The van der Waals surface area contributed by atoms with Gasteiger partial charge in [0.1, 0.15) is 23.9 Å². The maximum Gasteiger partial charge on any atom is 0.305 e. The van der Waals surface area contributed by atoms with Gasteiger partial charge in [-0.3, -0.25) is 24.1 Å². The molecule has 0 radical (unpaired) electrons. The minimum Gasteiger partial charge on any atom is -0.479 e. The van der Waals surface area contributed by atoms with Crippen LogP contribution in [0.25, 0.3) is 22.4 Å². The van der Waals surface area contributed by atoms with E-state index in [-0.39, 0.29) is 59.8 Å². The summed E-state index contributed by atoms with van der Waals surface area (Å²) < 4.78 is 10.0. The van der Waals surface area contributed by atoms with Gasteiger partial charge in [-0.25, -0.2) is 15.0 Å². The van der Waals surface area contributed by atoms with Crippen molar-refractivity contribution in [2.45, 2.75) is 110 Å². The number of hydrogen-bond acceptors (Lipinski definition) is 11. The van der Waals surface area contributed by atoms with Crippen LogP contribution in [0.4, 0.5) is 0 Å². The highest BCUT2D eigenvalue weighted by Crippen LogP contribution is 2.40. The van der Waals surface area contributed by atoms with E-state index in [9.17, 15) is 24.3 Å². The average molecular weight is 824 g/mol. The van der Waals surface area contributed by atoms with Crippen LogP contribution in [0.5, 0.6) is 0 Å². The van der Waals surface area contributed by atoms with Crippen LogP contribution in [-0.4, -0.2) is 106 Å². The number of methoxy groups -OCH3 is 2. The first-order valence-corrected chi connectivity index (χ1v) is 21.3. The number of aromatic nitrogens is 2. The van der Waals surface area contributed by atoms with Gasteiger partial charge >= 0.3 is 5.97 Å². The molecule has 0 saturated carbocycles. The average Bonchev–Trinajstić information content (AvgIpc) is 4.08. The Balaban J connectivity index is 1.14. The molecule has 3 N–H and O–H groups in total. The monoisotopic (exact) mass is 823 g/mol. The first kappa shape index (κ1) is 44.3. The van der Waals surface area contributed by atoms with Crippen molar-refractivity contribution in [2.75, 3.05) is 27.3 Å². The topological polar surface area (TPSA) is 179 Å². The Bertz CT molecular complexity index is 2060. The quantitative estimate of drug-likeness (QED) is 0.0670. The van der Waals surface area contributed by atoms with Gasteiger partial charge in [0.25, 0.3) is 5.91 Å². The Hall–Kier alpha value is -5.21. The summed E-state index contributed by atoms with van der Waals surface area (Å²) in [5, 5.41) is 14.8.